The summed E-state index contributed by atoms with van der Waals surface area (Å²) in [7, 11) is 0. The molecule has 3 unspecified atom stereocenters. The summed E-state index contributed by atoms with van der Waals surface area (Å²) in [5, 5.41) is 22.4. The molecule has 1 aromatic heterocycles. The first kappa shape index (κ1) is 14.5. The van der Waals surface area contributed by atoms with E-state index < -0.39 is 12.1 Å². The number of carboxylic acid groups (broad SMARTS) is 1. The van der Waals surface area contributed by atoms with Crippen LogP contribution in [0.2, 0.25) is 0 Å². The van der Waals surface area contributed by atoms with Crippen molar-refractivity contribution in [3.8, 4) is 11.1 Å². The number of pyridine rings is 1. The fourth-order valence-corrected chi connectivity index (χ4v) is 2.89. The molecule has 1 aliphatic rings. The number of hydrogen-bond donors (Lipinski definition) is 3. The number of nitrogens with zero attached hydrogens (tertiary/aromatic N) is 1. The SMILES string of the molecule is CC1Nc2ccc(-c3ccc(C(=O)O)nc3)cc2C(C)C1O. The Bertz CT molecular complexity index is 712. The van der Waals surface area contributed by atoms with Crippen LogP contribution in [0.5, 0.6) is 0 Å². The molecule has 0 saturated carbocycles. The van der Waals surface area contributed by atoms with Gasteiger partial charge in [0.15, 0.2) is 0 Å². The Hall–Kier alpha value is -2.40. The lowest BCUT2D eigenvalue weighted by Crippen LogP contribution is -2.39. The van der Waals surface area contributed by atoms with Gasteiger partial charge in [0, 0.05) is 29.4 Å². The summed E-state index contributed by atoms with van der Waals surface area (Å²) < 4.78 is 0. The largest absolute Gasteiger partial charge is 0.477 e. The first-order valence-corrected chi connectivity index (χ1v) is 7.25. The van der Waals surface area contributed by atoms with Gasteiger partial charge in [-0.15, -0.1) is 0 Å². The van der Waals surface area contributed by atoms with Crippen LogP contribution in [0.3, 0.4) is 0 Å². The van der Waals surface area contributed by atoms with E-state index in [9.17, 15) is 9.90 Å². The van der Waals surface area contributed by atoms with E-state index in [4.69, 9.17) is 5.11 Å². The molecule has 5 nitrogen and oxygen atoms in total. The van der Waals surface area contributed by atoms with Crippen LogP contribution in [-0.2, 0) is 0 Å². The molecule has 3 atom stereocenters. The zero-order valence-corrected chi connectivity index (χ0v) is 12.4. The van der Waals surface area contributed by atoms with Crippen molar-refractivity contribution >= 4 is 11.7 Å². The highest BCUT2D eigenvalue weighted by Gasteiger charge is 2.29. The molecule has 3 rings (SSSR count). The van der Waals surface area contributed by atoms with Crippen LogP contribution in [0.15, 0.2) is 36.5 Å². The molecule has 0 spiro atoms. The van der Waals surface area contributed by atoms with Gasteiger partial charge in [-0.1, -0.05) is 19.1 Å². The number of aliphatic hydroxyl groups excluding tert-OH is 1. The lowest BCUT2D eigenvalue weighted by Gasteiger charge is -2.34. The molecule has 0 saturated heterocycles. The molecular weight excluding hydrogens is 280 g/mol. The topological polar surface area (TPSA) is 82.5 Å². The van der Waals surface area contributed by atoms with E-state index in [1.165, 1.54) is 6.07 Å². The van der Waals surface area contributed by atoms with Crippen molar-refractivity contribution < 1.29 is 15.0 Å². The first-order chi connectivity index (χ1) is 10.5. The Morgan fingerprint density at radius 2 is 1.91 bits per heavy atom. The highest BCUT2D eigenvalue weighted by atomic mass is 16.4. The summed E-state index contributed by atoms with van der Waals surface area (Å²) in [4.78, 5) is 14.8. The minimum Gasteiger partial charge on any atom is -0.477 e. The molecule has 1 aliphatic heterocycles. The van der Waals surface area contributed by atoms with Gasteiger partial charge >= 0.3 is 5.97 Å². The van der Waals surface area contributed by atoms with E-state index in [0.29, 0.717) is 0 Å². The molecule has 0 amide bonds. The van der Waals surface area contributed by atoms with Crippen LogP contribution in [0, 0.1) is 0 Å². The normalized spacial score (nSPS) is 23.5. The minimum atomic E-state index is -1.04. The van der Waals surface area contributed by atoms with E-state index in [2.05, 4.69) is 10.3 Å². The van der Waals surface area contributed by atoms with E-state index in [1.54, 1.807) is 12.3 Å². The fraction of sp³-hybridized carbons (Fsp3) is 0.294. The zero-order chi connectivity index (χ0) is 15.9. The summed E-state index contributed by atoms with van der Waals surface area (Å²) in [5.41, 5.74) is 3.93. The summed E-state index contributed by atoms with van der Waals surface area (Å²) >= 11 is 0. The number of aliphatic hydroxyl groups is 1. The van der Waals surface area contributed by atoms with Crippen molar-refractivity contribution in [3.05, 3.63) is 47.8 Å². The number of aromatic nitrogens is 1. The number of fused-ring (bicyclic) bond motifs is 1. The van der Waals surface area contributed by atoms with Gasteiger partial charge in [-0.25, -0.2) is 9.78 Å². The Balaban J connectivity index is 1.98. The number of nitrogens with one attached hydrogen (secondary N) is 1. The second kappa shape index (κ2) is 5.42. The van der Waals surface area contributed by atoms with E-state index in [0.717, 1.165) is 22.4 Å². The van der Waals surface area contributed by atoms with Crippen LogP contribution in [0.4, 0.5) is 5.69 Å². The van der Waals surface area contributed by atoms with Crippen molar-refractivity contribution in [3.63, 3.8) is 0 Å². The lowest BCUT2D eigenvalue weighted by atomic mass is 9.85. The van der Waals surface area contributed by atoms with Gasteiger partial charge in [-0.2, -0.15) is 0 Å². The highest BCUT2D eigenvalue weighted by Crippen LogP contribution is 2.36. The predicted octanol–water partition coefficient (Wildman–Crippen LogP) is 2.73. The van der Waals surface area contributed by atoms with Gasteiger partial charge in [-0.3, -0.25) is 0 Å². The van der Waals surface area contributed by atoms with Crippen LogP contribution in [-0.4, -0.2) is 33.3 Å². The molecule has 0 fully saturated rings. The molecule has 114 valence electrons. The quantitative estimate of drug-likeness (QED) is 0.794. The maximum atomic E-state index is 10.9. The van der Waals surface area contributed by atoms with Gasteiger partial charge in [0.2, 0.25) is 0 Å². The van der Waals surface area contributed by atoms with Crippen LogP contribution < -0.4 is 5.32 Å². The van der Waals surface area contributed by atoms with Gasteiger partial charge in [-0.05, 0) is 36.2 Å². The predicted molar refractivity (Wildman–Crippen MR) is 84.1 cm³/mol. The fourth-order valence-electron chi connectivity index (χ4n) is 2.89. The average Bonchev–Trinajstić information content (AvgIpc) is 2.52. The van der Waals surface area contributed by atoms with Crippen molar-refractivity contribution in [2.75, 3.05) is 5.32 Å². The summed E-state index contributed by atoms with van der Waals surface area (Å²) in [6.45, 7) is 3.98. The Kier molecular flexibility index (Phi) is 3.58. The molecule has 5 heteroatoms. The van der Waals surface area contributed by atoms with E-state index >= 15 is 0 Å². The average molecular weight is 298 g/mol. The lowest BCUT2D eigenvalue weighted by molar-refractivity contribution is 0.0690. The molecule has 22 heavy (non-hydrogen) atoms. The third kappa shape index (κ3) is 2.44. The molecule has 3 N–H and O–H groups in total. The third-order valence-electron chi connectivity index (χ3n) is 4.27. The summed E-state index contributed by atoms with van der Waals surface area (Å²) in [6.07, 6.45) is 1.13. The number of carbonyl (C=O) groups is 1. The molecule has 0 bridgehead atoms. The van der Waals surface area contributed by atoms with Crippen LogP contribution >= 0.6 is 0 Å². The van der Waals surface area contributed by atoms with Crippen molar-refractivity contribution in [1.29, 1.82) is 0 Å². The zero-order valence-electron chi connectivity index (χ0n) is 12.4. The van der Waals surface area contributed by atoms with Gasteiger partial charge in [0.1, 0.15) is 5.69 Å². The van der Waals surface area contributed by atoms with Crippen LogP contribution in [0.1, 0.15) is 35.8 Å². The number of hydrogen-bond acceptors (Lipinski definition) is 4. The second-order valence-electron chi connectivity index (χ2n) is 5.75. The van der Waals surface area contributed by atoms with Crippen LogP contribution in [0.25, 0.3) is 11.1 Å². The molecule has 2 heterocycles. The van der Waals surface area contributed by atoms with Crippen molar-refractivity contribution in [2.45, 2.75) is 31.9 Å². The van der Waals surface area contributed by atoms with Crippen molar-refractivity contribution in [1.82, 2.24) is 4.98 Å². The molecular formula is C17H18N2O3. The van der Waals surface area contributed by atoms with E-state index in [1.807, 2.05) is 32.0 Å². The smallest absolute Gasteiger partial charge is 0.354 e. The number of benzene rings is 1. The Morgan fingerprint density at radius 1 is 1.18 bits per heavy atom. The Morgan fingerprint density at radius 3 is 2.55 bits per heavy atom. The number of carboxylic acids is 1. The van der Waals surface area contributed by atoms with Gasteiger partial charge < -0.3 is 15.5 Å². The van der Waals surface area contributed by atoms with Crippen molar-refractivity contribution in [2.24, 2.45) is 0 Å². The minimum absolute atomic E-state index is 0.0184. The maximum Gasteiger partial charge on any atom is 0.354 e. The molecule has 2 aromatic rings. The number of anilines is 1. The number of rotatable bonds is 2. The highest BCUT2D eigenvalue weighted by molar-refractivity contribution is 5.85. The van der Waals surface area contributed by atoms with E-state index in [-0.39, 0.29) is 17.7 Å². The van der Waals surface area contributed by atoms with Gasteiger partial charge in [0.05, 0.1) is 6.10 Å². The maximum absolute atomic E-state index is 10.9. The Labute approximate surface area is 128 Å². The molecule has 0 radical (unpaired) electrons. The molecule has 1 aromatic carbocycles. The summed E-state index contributed by atoms with van der Waals surface area (Å²) in [5.74, 6) is -0.996. The number of aromatic carboxylic acids is 1. The summed E-state index contributed by atoms with van der Waals surface area (Å²) in [6, 6.07) is 9.26. The standard InChI is InChI=1S/C17H18N2O3/c1-9-13-7-11(3-5-14(13)19-10(2)16(9)20)12-4-6-15(17(21)22)18-8-12/h3-10,16,19-20H,1-2H3,(H,21,22). The molecule has 0 aliphatic carbocycles. The second-order valence-corrected chi connectivity index (χ2v) is 5.75. The monoisotopic (exact) mass is 298 g/mol. The third-order valence-corrected chi connectivity index (χ3v) is 4.27. The van der Waals surface area contributed by atoms with Gasteiger partial charge in [0.25, 0.3) is 0 Å². The first-order valence-electron chi connectivity index (χ1n) is 7.25.